The lowest BCUT2D eigenvalue weighted by atomic mass is 10.0. The molecule has 98 valence electrons. The highest BCUT2D eigenvalue weighted by atomic mass is 16.5. The van der Waals surface area contributed by atoms with Crippen LogP contribution in [0.3, 0.4) is 0 Å². The van der Waals surface area contributed by atoms with Crippen molar-refractivity contribution in [3.05, 3.63) is 0 Å². The summed E-state index contributed by atoms with van der Waals surface area (Å²) in [6.07, 6.45) is 6.49. The fourth-order valence-corrected chi connectivity index (χ4v) is 2.59. The normalized spacial score (nSPS) is 27.1. The molecule has 1 unspecified atom stereocenters. The zero-order chi connectivity index (χ0) is 12.1. The highest BCUT2D eigenvalue weighted by Gasteiger charge is 2.22. The van der Waals surface area contributed by atoms with Gasteiger partial charge in [-0.25, -0.2) is 0 Å². The third-order valence-corrected chi connectivity index (χ3v) is 3.77. The van der Waals surface area contributed by atoms with E-state index in [1.165, 1.54) is 6.42 Å². The van der Waals surface area contributed by atoms with Gasteiger partial charge >= 0.3 is 0 Å². The molecule has 2 aliphatic rings. The molecule has 1 N–H and O–H groups in total. The number of aliphatic hydroxyl groups excluding tert-OH is 1. The maximum absolute atomic E-state index is 11.9. The van der Waals surface area contributed by atoms with Crippen molar-refractivity contribution in [2.45, 2.75) is 57.2 Å². The maximum atomic E-state index is 11.9. The van der Waals surface area contributed by atoms with Gasteiger partial charge in [0.15, 0.2) is 0 Å². The first-order valence-corrected chi connectivity index (χ1v) is 6.83. The molecule has 0 spiro atoms. The standard InChI is InChI=1S/C13H23NO3/c15-11-6-8-14(9-7-11)13(16)5-4-12-3-1-2-10-17-12/h11-12,15H,1-10H2. The Labute approximate surface area is 103 Å². The summed E-state index contributed by atoms with van der Waals surface area (Å²) in [7, 11) is 0. The molecule has 2 saturated heterocycles. The van der Waals surface area contributed by atoms with Crippen molar-refractivity contribution in [3.63, 3.8) is 0 Å². The molecule has 2 heterocycles. The minimum atomic E-state index is -0.208. The zero-order valence-corrected chi connectivity index (χ0v) is 10.4. The van der Waals surface area contributed by atoms with Crippen molar-refractivity contribution in [2.75, 3.05) is 19.7 Å². The van der Waals surface area contributed by atoms with Gasteiger partial charge in [0.2, 0.25) is 5.91 Å². The van der Waals surface area contributed by atoms with Crippen molar-refractivity contribution in [2.24, 2.45) is 0 Å². The minimum absolute atomic E-state index is 0.208. The van der Waals surface area contributed by atoms with Gasteiger partial charge in [-0.1, -0.05) is 0 Å². The number of nitrogens with zero attached hydrogens (tertiary/aromatic N) is 1. The molecule has 2 fully saturated rings. The van der Waals surface area contributed by atoms with E-state index in [2.05, 4.69) is 0 Å². The van der Waals surface area contributed by atoms with E-state index in [1.54, 1.807) is 0 Å². The second kappa shape index (κ2) is 6.36. The minimum Gasteiger partial charge on any atom is -0.393 e. The molecule has 2 rings (SSSR count). The predicted octanol–water partition coefficient (Wildman–Crippen LogP) is 1.32. The number of aliphatic hydroxyl groups is 1. The third-order valence-electron chi connectivity index (χ3n) is 3.77. The van der Waals surface area contributed by atoms with Gasteiger partial charge < -0.3 is 14.7 Å². The number of amides is 1. The average Bonchev–Trinajstić information content (AvgIpc) is 2.38. The highest BCUT2D eigenvalue weighted by molar-refractivity contribution is 5.76. The van der Waals surface area contributed by atoms with Crippen LogP contribution in [0.15, 0.2) is 0 Å². The Morgan fingerprint density at radius 2 is 2.00 bits per heavy atom. The zero-order valence-electron chi connectivity index (χ0n) is 10.4. The van der Waals surface area contributed by atoms with E-state index in [0.717, 1.165) is 38.7 Å². The summed E-state index contributed by atoms with van der Waals surface area (Å²) in [6, 6.07) is 0. The summed E-state index contributed by atoms with van der Waals surface area (Å²) in [4.78, 5) is 13.8. The van der Waals surface area contributed by atoms with Gasteiger partial charge in [0.05, 0.1) is 12.2 Å². The van der Waals surface area contributed by atoms with Crippen molar-refractivity contribution < 1.29 is 14.6 Å². The second-order valence-corrected chi connectivity index (χ2v) is 5.14. The molecule has 0 aliphatic carbocycles. The molecular weight excluding hydrogens is 218 g/mol. The Morgan fingerprint density at radius 1 is 1.24 bits per heavy atom. The Kier molecular flexibility index (Phi) is 4.80. The van der Waals surface area contributed by atoms with Crippen LogP contribution in [0.1, 0.15) is 44.9 Å². The maximum Gasteiger partial charge on any atom is 0.222 e. The quantitative estimate of drug-likeness (QED) is 0.810. The summed E-state index contributed by atoms with van der Waals surface area (Å²) in [5, 5.41) is 9.38. The molecular formula is C13H23NO3. The average molecular weight is 241 g/mol. The summed E-state index contributed by atoms with van der Waals surface area (Å²) >= 11 is 0. The van der Waals surface area contributed by atoms with Gasteiger partial charge in [-0.15, -0.1) is 0 Å². The number of rotatable bonds is 3. The van der Waals surface area contributed by atoms with Gasteiger partial charge in [-0.3, -0.25) is 4.79 Å². The SMILES string of the molecule is O=C(CCC1CCCCO1)N1CCC(O)CC1. The number of likely N-dealkylation sites (tertiary alicyclic amines) is 1. The van der Waals surface area contributed by atoms with Crippen molar-refractivity contribution in [1.29, 1.82) is 0 Å². The van der Waals surface area contributed by atoms with E-state index < -0.39 is 0 Å². The number of ether oxygens (including phenoxy) is 1. The molecule has 4 nitrogen and oxygen atoms in total. The van der Waals surface area contributed by atoms with Gasteiger partial charge in [0.1, 0.15) is 0 Å². The monoisotopic (exact) mass is 241 g/mol. The number of piperidine rings is 1. The first kappa shape index (κ1) is 12.8. The first-order valence-electron chi connectivity index (χ1n) is 6.83. The van der Waals surface area contributed by atoms with E-state index in [4.69, 9.17) is 4.74 Å². The summed E-state index contributed by atoms with van der Waals surface area (Å²) in [6.45, 7) is 2.28. The Hall–Kier alpha value is -0.610. The van der Waals surface area contributed by atoms with E-state index in [0.29, 0.717) is 25.6 Å². The Balaban J connectivity index is 1.66. The van der Waals surface area contributed by atoms with E-state index in [1.807, 2.05) is 4.90 Å². The van der Waals surface area contributed by atoms with E-state index >= 15 is 0 Å². The van der Waals surface area contributed by atoms with Gasteiger partial charge in [0.25, 0.3) is 0 Å². The highest BCUT2D eigenvalue weighted by Crippen LogP contribution is 2.18. The predicted molar refractivity (Wildman–Crippen MR) is 64.6 cm³/mol. The van der Waals surface area contributed by atoms with Crippen LogP contribution in [0.5, 0.6) is 0 Å². The molecule has 0 aromatic rings. The van der Waals surface area contributed by atoms with Gasteiger partial charge in [-0.05, 0) is 38.5 Å². The van der Waals surface area contributed by atoms with E-state index in [-0.39, 0.29) is 12.0 Å². The third kappa shape index (κ3) is 3.96. The molecule has 2 aliphatic heterocycles. The van der Waals surface area contributed by atoms with Crippen LogP contribution >= 0.6 is 0 Å². The number of hydrogen-bond acceptors (Lipinski definition) is 3. The number of carbonyl (C=O) groups is 1. The van der Waals surface area contributed by atoms with Crippen LogP contribution in [-0.4, -0.2) is 47.8 Å². The molecule has 4 heteroatoms. The first-order chi connectivity index (χ1) is 8.25. The van der Waals surface area contributed by atoms with Crippen LogP contribution in [0.25, 0.3) is 0 Å². The summed E-state index contributed by atoms with van der Waals surface area (Å²) < 4.78 is 5.62. The number of carbonyl (C=O) groups excluding carboxylic acids is 1. The van der Waals surface area contributed by atoms with Crippen LogP contribution in [0, 0.1) is 0 Å². The van der Waals surface area contributed by atoms with Gasteiger partial charge in [-0.2, -0.15) is 0 Å². The van der Waals surface area contributed by atoms with Crippen LogP contribution in [0.2, 0.25) is 0 Å². The molecule has 0 bridgehead atoms. The lowest BCUT2D eigenvalue weighted by Crippen LogP contribution is -2.40. The Morgan fingerprint density at radius 3 is 2.65 bits per heavy atom. The molecule has 0 aromatic heterocycles. The topological polar surface area (TPSA) is 49.8 Å². The van der Waals surface area contributed by atoms with Crippen LogP contribution in [0.4, 0.5) is 0 Å². The summed E-state index contributed by atoms with van der Waals surface area (Å²) in [5.41, 5.74) is 0. The second-order valence-electron chi connectivity index (χ2n) is 5.14. The molecule has 17 heavy (non-hydrogen) atoms. The number of hydrogen-bond donors (Lipinski definition) is 1. The van der Waals surface area contributed by atoms with Gasteiger partial charge in [0, 0.05) is 26.1 Å². The molecule has 0 radical (unpaired) electrons. The van der Waals surface area contributed by atoms with Crippen molar-refractivity contribution in [3.8, 4) is 0 Å². The Bertz CT molecular complexity index is 243. The van der Waals surface area contributed by atoms with Crippen LogP contribution in [-0.2, 0) is 9.53 Å². The summed E-state index contributed by atoms with van der Waals surface area (Å²) in [5.74, 6) is 0.228. The smallest absolute Gasteiger partial charge is 0.222 e. The van der Waals surface area contributed by atoms with E-state index in [9.17, 15) is 9.90 Å². The molecule has 0 aromatic carbocycles. The van der Waals surface area contributed by atoms with Crippen molar-refractivity contribution in [1.82, 2.24) is 4.90 Å². The fourth-order valence-electron chi connectivity index (χ4n) is 2.59. The lowest BCUT2D eigenvalue weighted by molar-refractivity contribution is -0.134. The molecule has 0 saturated carbocycles. The molecule has 1 amide bonds. The van der Waals surface area contributed by atoms with Crippen LogP contribution < -0.4 is 0 Å². The van der Waals surface area contributed by atoms with Crippen molar-refractivity contribution >= 4 is 5.91 Å². The fraction of sp³-hybridized carbons (Fsp3) is 0.923. The lowest BCUT2D eigenvalue weighted by Gasteiger charge is -2.30. The largest absolute Gasteiger partial charge is 0.393 e. The molecule has 1 atom stereocenters.